The van der Waals surface area contributed by atoms with Crippen molar-refractivity contribution >= 4 is 11.0 Å². The molecule has 3 heterocycles. The van der Waals surface area contributed by atoms with Crippen molar-refractivity contribution in [1.29, 1.82) is 0 Å². The average molecular weight is 609 g/mol. The van der Waals surface area contributed by atoms with E-state index in [0.29, 0.717) is 0 Å². The molecule has 0 spiro atoms. The zero-order chi connectivity index (χ0) is 31.3. The first-order chi connectivity index (χ1) is 20.3. The molecule has 15 heteroatoms. The van der Waals surface area contributed by atoms with Crippen LogP contribution in [0.1, 0.15) is 13.8 Å². The van der Waals surface area contributed by atoms with Crippen LogP contribution in [0.2, 0.25) is 0 Å². The highest BCUT2D eigenvalue weighted by molar-refractivity contribution is 5.88. The van der Waals surface area contributed by atoms with Crippen molar-refractivity contribution in [2.75, 3.05) is 7.11 Å². The van der Waals surface area contributed by atoms with E-state index in [4.69, 9.17) is 28.1 Å². The molecule has 8 N–H and O–H groups in total. The van der Waals surface area contributed by atoms with Crippen LogP contribution in [-0.2, 0) is 14.2 Å². The number of benzene rings is 2. The van der Waals surface area contributed by atoms with E-state index in [9.17, 15) is 45.6 Å². The van der Waals surface area contributed by atoms with Gasteiger partial charge in [0.2, 0.25) is 17.5 Å². The minimum atomic E-state index is -1.85. The SMILES string of the molecule is COc1ccc(-c2oc3cc(O)cc(O)c3c(=O)c2OC2OC(C)C(O)C(OC3OC(C)C(O)C(O)C3O)C2O)cc1O. The van der Waals surface area contributed by atoms with Crippen LogP contribution in [0.25, 0.3) is 22.3 Å². The maximum Gasteiger partial charge on any atom is 0.239 e. The van der Waals surface area contributed by atoms with Crippen LogP contribution in [0.4, 0.5) is 0 Å². The molecule has 15 nitrogen and oxygen atoms in total. The number of hydrogen-bond donors (Lipinski definition) is 8. The Bertz CT molecular complexity index is 1540. The lowest BCUT2D eigenvalue weighted by Crippen LogP contribution is -2.63. The standard InChI is InChI=1S/C28H32O15/c1-9-18(32)21(35)22(36)27(39-9)42-25-19(33)10(2)40-28(23(25)37)43-26-20(34)17-14(31)7-12(29)8-16(17)41-24(26)11-4-5-15(38-3)13(30)6-11/h4-10,18-19,21-23,25,27-33,35-37H,1-3H3. The summed E-state index contributed by atoms with van der Waals surface area (Å²) < 4.78 is 33.5. The molecule has 234 valence electrons. The summed E-state index contributed by atoms with van der Waals surface area (Å²) in [6.45, 7) is 2.84. The molecule has 0 aliphatic carbocycles. The minimum Gasteiger partial charge on any atom is -0.508 e. The van der Waals surface area contributed by atoms with E-state index in [-0.39, 0.29) is 33.8 Å². The summed E-state index contributed by atoms with van der Waals surface area (Å²) in [5.41, 5.74) is -1.07. The van der Waals surface area contributed by atoms with Crippen molar-refractivity contribution in [3.8, 4) is 40.1 Å². The van der Waals surface area contributed by atoms with E-state index in [0.717, 1.165) is 12.1 Å². The summed E-state index contributed by atoms with van der Waals surface area (Å²) in [5.74, 6) is -2.11. The molecular weight excluding hydrogens is 576 g/mol. The van der Waals surface area contributed by atoms with E-state index in [1.54, 1.807) is 0 Å². The maximum absolute atomic E-state index is 13.7. The van der Waals surface area contributed by atoms with Crippen LogP contribution in [0.15, 0.2) is 39.5 Å². The number of ether oxygens (including phenoxy) is 5. The number of fused-ring (bicyclic) bond motifs is 1. The van der Waals surface area contributed by atoms with Gasteiger partial charge in [-0.1, -0.05) is 0 Å². The maximum atomic E-state index is 13.7. The molecule has 10 unspecified atom stereocenters. The zero-order valence-electron chi connectivity index (χ0n) is 23.1. The predicted molar refractivity (Wildman–Crippen MR) is 144 cm³/mol. The number of aliphatic hydroxyl groups excluding tert-OH is 5. The van der Waals surface area contributed by atoms with E-state index >= 15 is 0 Å². The minimum absolute atomic E-state index is 0.0987. The first-order valence-corrected chi connectivity index (χ1v) is 13.3. The molecule has 0 amide bonds. The van der Waals surface area contributed by atoms with Crippen molar-refractivity contribution in [3.63, 3.8) is 0 Å². The predicted octanol–water partition coefficient (Wildman–Crippen LogP) is -0.357. The fourth-order valence-corrected chi connectivity index (χ4v) is 5.05. The van der Waals surface area contributed by atoms with Gasteiger partial charge in [0.1, 0.15) is 59.1 Å². The lowest BCUT2D eigenvalue weighted by atomic mass is 9.97. The number of hydrogen-bond acceptors (Lipinski definition) is 15. The Morgan fingerprint density at radius 2 is 1.44 bits per heavy atom. The first-order valence-electron chi connectivity index (χ1n) is 13.3. The normalized spacial score (nSPS) is 32.9. The van der Waals surface area contributed by atoms with Gasteiger partial charge in [0.15, 0.2) is 23.5 Å². The number of phenols is 3. The third-order valence-electron chi connectivity index (χ3n) is 7.47. The number of phenolic OH excluding ortho intramolecular Hbond substituents is 3. The van der Waals surface area contributed by atoms with Crippen LogP contribution in [0, 0.1) is 0 Å². The lowest BCUT2D eigenvalue weighted by molar-refractivity contribution is -0.346. The second kappa shape index (κ2) is 11.8. The van der Waals surface area contributed by atoms with Gasteiger partial charge in [-0.25, -0.2) is 0 Å². The van der Waals surface area contributed by atoms with E-state index in [2.05, 4.69) is 0 Å². The van der Waals surface area contributed by atoms with Crippen molar-refractivity contribution in [2.45, 2.75) is 75.3 Å². The summed E-state index contributed by atoms with van der Waals surface area (Å²) in [6.07, 6.45) is -15.1. The summed E-state index contributed by atoms with van der Waals surface area (Å²) in [7, 11) is 1.34. The van der Waals surface area contributed by atoms with Crippen LogP contribution in [0.3, 0.4) is 0 Å². The van der Waals surface area contributed by atoms with E-state index < -0.39 is 84.1 Å². The second-order valence-corrected chi connectivity index (χ2v) is 10.4. The summed E-state index contributed by atoms with van der Waals surface area (Å²) in [6, 6.07) is 6.02. The Hall–Kier alpha value is -3.67. The molecular formula is C28H32O15. The van der Waals surface area contributed by atoms with Crippen LogP contribution in [0.5, 0.6) is 28.7 Å². The second-order valence-electron chi connectivity index (χ2n) is 10.4. The third kappa shape index (κ3) is 5.57. The molecule has 5 rings (SSSR count). The van der Waals surface area contributed by atoms with E-state index in [1.165, 1.54) is 39.2 Å². The fraction of sp³-hybridized carbons (Fsp3) is 0.464. The van der Waals surface area contributed by atoms with Gasteiger partial charge in [-0.2, -0.15) is 0 Å². The molecule has 2 aliphatic rings. The number of methoxy groups -OCH3 is 1. The van der Waals surface area contributed by atoms with Crippen LogP contribution in [-0.4, -0.2) is 109 Å². The Kier molecular flexibility index (Phi) is 8.43. The average Bonchev–Trinajstić information content (AvgIpc) is 2.96. The molecule has 0 saturated carbocycles. The Labute approximate surface area is 243 Å². The van der Waals surface area contributed by atoms with Crippen LogP contribution < -0.4 is 14.9 Å². The highest BCUT2D eigenvalue weighted by Gasteiger charge is 2.50. The molecule has 0 radical (unpaired) electrons. The van der Waals surface area contributed by atoms with Crippen LogP contribution >= 0.6 is 0 Å². The topological polar surface area (TPSA) is 238 Å². The van der Waals surface area contributed by atoms with Gasteiger partial charge < -0.3 is 69.0 Å². The molecule has 2 aliphatic heterocycles. The molecule has 10 atom stereocenters. The molecule has 2 saturated heterocycles. The van der Waals surface area contributed by atoms with Crippen molar-refractivity contribution in [1.82, 2.24) is 0 Å². The van der Waals surface area contributed by atoms with Gasteiger partial charge in [0.25, 0.3) is 0 Å². The summed E-state index contributed by atoms with van der Waals surface area (Å²) >= 11 is 0. The monoisotopic (exact) mass is 608 g/mol. The lowest BCUT2D eigenvalue weighted by Gasteiger charge is -2.45. The van der Waals surface area contributed by atoms with E-state index in [1.807, 2.05) is 0 Å². The largest absolute Gasteiger partial charge is 0.508 e. The number of aliphatic hydroxyl groups is 5. The summed E-state index contributed by atoms with van der Waals surface area (Å²) in [4.78, 5) is 13.7. The van der Waals surface area contributed by atoms with Gasteiger partial charge in [0.05, 0.1) is 19.3 Å². The van der Waals surface area contributed by atoms with Gasteiger partial charge in [-0.05, 0) is 32.0 Å². The quantitative estimate of drug-likeness (QED) is 0.178. The Balaban J connectivity index is 1.55. The molecule has 43 heavy (non-hydrogen) atoms. The van der Waals surface area contributed by atoms with Gasteiger partial charge >= 0.3 is 0 Å². The van der Waals surface area contributed by atoms with Crippen molar-refractivity contribution in [3.05, 3.63) is 40.6 Å². The van der Waals surface area contributed by atoms with Gasteiger partial charge in [-0.3, -0.25) is 4.79 Å². The fourth-order valence-electron chi connectivity index (χ4n) is 5.05. The number of aromatic hydroxyl groups is 3. The molecule has 0 bridgehead atoms. The first kappa shape index (κ1) is 30.8. The molecule has 2 aromatic carbocycles. The van der Waals surface area contributed by atoms with Gasteiger partial charge in [0, 0.05) is 17.7 Å². The zero-order valence-corrected chi connectivity index (χ0v) is 23.1. The van der Waals surface area contributed by atoms with Gasteiger partial charge in [-0.15, -0.1) is 0 Å². The third-order valence-corrected chi connectivity index (χ3v) is 7.47. The number of rotatable bonds is 6. The Morgan fingerprint density at radius 3 is 2.12 bits per heavy atom. The smallest absolute Gasteiger partial charge is 0.239 e. The van der Waals surface area contributed by atoms with Crippen molar-refractivity contribution < 1.29 is 69.0 Å². The highest BCUT2D eigenvalue weighted by Crippen LogP contribution is 2.40. The summed E-state index contributed by atoms with van der Waals surface area (Å²) in [5, 5.41) is 82.9. The van der Waals surface area contributed by atoms with Crippen molar-refractivity contribution in [2.24, 2.45) is 0 Å². The molecule has 2 fully saturated rings. The highest BCUT2D eigenvalue weighted by atomic mass is 16.7. The molecule has 3 aromatic rings. The Morgan fingerprint density at radius 1 is 0.767 bits per heavy atom. The molecule has 1 aromatic heterocycles.